The lowest BCUT2D eigenvalue weighted by Gasteiger charge is -2.15. The van der Waals surface area contributed by atoms with Gasteiger partial charge in [-0.05, 0) is 24.5 Å². The number of nitrogens with one attached hydrogen (secondary N) is 2. The Kier molecular flexibility index (Phi) is 5.64. The third-order valence-corrected chi connectivity index (χ3v) is 3.70. The second kappa shape index (κ2) is 7.68. The molecule has 0 fully saturated rings. The SMILES string of the molecule is CC(C)C[C@@H](NC(=O)c1csc(Nc2ccccn2)n1)C(=O)O. The minimum atomic E-state index is -1.05. The quantitative estimate of drug-likeness (QED) is 0.719. The number of carbonyl (C=O) groups excluding carboxylic acids is 1. The van der Waals surface area contributed by atoms with E-state index in [-0.39, 0.29) is 11.6 Å². The Morgan fingerprint density at radius 2 is 2.13 bits per heavy atom. The van der Waals surface area contributed by atoms with Crippen molar-refractivity contribution in [1.29, 1.82) is 0 Å². The van der Waals surface area contributed by atoms with Crippen molar-refractivity contribution in [2.24, 2.45) is 5.92 Å². The lowest BCUT2D eigenvalue weighted by molar-refractivity contribution is -0.139. The van der Waals surface area contributed by atoms with Crippen LogP contribution in [0.2, 0.25) is 0 Å². The summed E-state index contributed by atoms with van der Waals surface area (Å²) in [5.41, 5.74) is 0.184. The first kappa shape index (κ1) is 16.9. The molecule has 7 nitrogen and oxygen atoms in total. The van der Waals surface area contributed by atoms with Gasteiger partial charge in [-0.2, -0.15) is 0 Å². The van der Waals surface area contributed by atoms with E-state index in [1.165, 1.54) is 11.3 Å². The van der Waals surface area contributed by atoms with E-state index in [0.717, 1.165) is 0 Å². The molecule has 1 atom stereocenters. The number of carboxylic acids is 1. The number of anilines is 2. The summed E-state index contributed by atoms with van der Waals surface area (Å²) in [6.45, 7) is 3.81. The highest BCUT2D eigenvalue weighted by Crippen LogP contribution is 2.19. The number of aromatic nitrogens is 2. The average molecular weight is 334 g/mol. The predicted octanol–water partition coefficient (Wildman–Crippen LogP) is 2.51. The van der Waals surface area contributed by atoms with Gasteiger partial charge in [0.1, 0.15) is 17.6 Å². The van der Waals surface area contributed by atoms with Gasteiger partial charge in [0.15, 0.2) is 5.13 Å². The molecule has 23 heavy (non-hydrogen) atoms. The van der Waals surface area contributed by atoms with Crippen LogP contribution in [0.25, 0.3) is 0 Å². The van der Waals surface area contributed by atoms with Gasteiger partial charge in [-0.3, -0.25) is 4.79 Å². The van der Waals surface area contributed by atoms with Crippen LogP contribution in [-0.4, -0.2) is 33.0 Å². The predicted molar refractivity (Wildman–Crippen MR) is 88.0 cm³/mol. The maximum absolute atomic E-state index is 12.1. The van der Waals surface area contributed by atoms with Gasteiger partial charge in [0.05, 0.1) is 0 Å². The Morgan fingerprint density at radius 3 is 2.74 bits per heavy atom. The van der Waals surface area contributed by atoms with E-state index >= 15 is 0 Å². The van der Waals surface area contributed by atoms with Crippen LogP contribution < -0.4 is 10.6 Å². The summed E-state index contributed by atoms with van der Waals surface area (Å²) in [6.07, 6.45) is 2.01. The second-order valence-corrected chi connectivity index (χ2v) is 6.23. The Hall–Kier alpha value is -2.48. The summed E-state index contributed by atoms with van der Waals surface area (Å²) in [6, 6.07) is 4.49. The maximum Gasteiger partial charge on any atom is 0.326 e. The third-order valence-electron chi connectivity index (χ3n) is 2.95. The van der Waals surface area contributed by atoms with Crippen molar-refractivity contribution in [3.8, 4) is 0 Å². The van der Waals surface area contributed by atoms with Gasteiger partial charge in [0, 0.05) is 11.6 Å². The molecule has 0 aliphatic rings. The summed E-state index contributed by atoms with van der Waals surface area (Å²) in [7, 11) is 0. The normalized spacial score (nSPS) is 12.0. The molecule has 8 heteroatoms. The summed E-state index contributed by atoms with van der Waals surface area (Å²) < 4.78 is 0. The molecule has 1 amide bonds. The van der Waals surface area contributed by atoms with E-state index in [0.29, 0.717) is 17.4 Å². The molecule has 0 bridgehead atoms. The molecule has 2 aromatic rings. The zero-order chi connectivity index (χ0) is 16.8. The Balaban J connectivity index is 2.01. The van der Waals surface area contributed by atoms with Crippen molar-refractivity contribution in [2.75, 3.05) is 5.32 Å². The van der Waals surface area contributed by atoms with E-state index < -0.39 is 17.9 Å². The lowest BCUT2D eigenvalue weighted by atomic mass is 10.0. The summed E-state index contributed by atoms with van der Waals surface area (Å²) >= 11 is 1.25. The molecule has 0 spiro atoms. The van der Waals surface area contributed by atoms with Gasteiger partial charge in [-0.25, -0.2) is 14.8 Å². The third kappa shape index (κ3) is 5.03. The molecule has 122 valence electrons. The molecule has 3 N–H and O–H groups in total. The van der Waals surface area contributed by atoms with Gasteiger partial charge in [0.2, 0.25) is 0 Å². The van der Waals surface area contributed by atoms with Crippen molar-refractivity contribution in [3.63, 3.8) is 0 Å². The molecule has 0 saturated heterocycles. The molecule has 0 saturated carbocycles. The van der Waals surface area contributed by atoms with E-state index in [9.17, 15) is 9.59 Å². The molecular weight excluding hydrogens is 316 g/mol. The Morgan fingerprint density at radius 1 is 1.35 bits per heavy atom. The molecule has 0 unspecified atom stereocenters. The highest BCUT2D eigenvalue weighted by Gasteiger charge is 2.23. The van der Waals surface area contributed by atoms with Crippen LogP contribution in [0.4, 0.5) is 10.9 Å². The standard InChI is InChI=1S/C15H18N4O3S/c1-9(2)7-10(14(21)22)17-13(20)11-8-23-15(18-11)19-12-5-3-4-6-16-12/h3-6,8-10H,7H2,1-2H3,(H,17,20)(H,21,22)(H,16,18,19)/t10-/m1/s1. The number of thiazole rings is 1. The number of hydrogen-bond acceptors (Lipinski definition) is 6. The molecule has 0 aliphatic carbocycles. The van der Waals surface area contributed by atoms with Crippen LogP contribution in [0.5, 0.6) is 0 Å². The number of carboxylic acid groups (broad SMARTS) is 1. The number of pyridine rings is 1. The van der Waals surface area contributed by atoms with Crippen LogP contribution in [0.3, 0.4) is 0 Å². The lowest BCUT2D eigenvalue weighted by Crippen LogP contribution is -2.41. The summed E-state index contributed by atoms with van der Waals surface area (Å²) in [5.74, 6) is -0.761. The number of carbonyl (C=O) groups is 2. The second-order valence-electron chi connectivity index (χ2n) is 5.37. The Bertz CT molecular complexity index is 672. The monoisotopic (exact) mass is 334 g/mol. The smallest absolute Gasteiger partial charge is 0.326 e. The van der Waals surface area contributed by atoms with Gasteiger partial charge < -0.3 is 15.7 Å². The minimum Gasteiger partial charge on any atom is -0.480 e. The molecule has 0 aliphatic heterocycles. The first-order valence-corrected chi connectivity index (χ1v) is 8.01. The van der Waals surface area contributed by atoms with Crippen molar-refractivity contribution >= 4 is 34.2 Å². The minimum absolute atomic E-state index is 0.160. The fraction of sp³-hybridized carbons (Fsp3) is 0.333. The van der Waals surface area contributed by atoms with Gasteiger partial charge in [-0.15, -0.1) is 11.3 Å². The maximum atomic E-state index is 12.1. The summed E-state index contributed by atoms with van der Waals surface area (Å²) in [5, 5.41) is 16.8. The van der Waals surface area contributed by atoms with Gasteiger partial charge in [-0.1, -0.05) is 19.9 Å². The van der Waals surface area contributed by atoms with Gasteiger partial charge in [0.25, 0.3) is 5.91 Å². The zero-order valence-electron chi connectivity index (χ0n) is 12.8. The van der Waals surface area contributed by atoms with Crippen LogP contribution in [0.1, 0.15) is 30.8 Å². The summed E-state index contributed by atoms with van der Waals surface area (Å²) in [4.78, 5) is 31.6. The van der Waals surface area contributed by atoms with Crippen LogP contribution >= 0.6 is 11.3 Å². The molecule has 0 aromatic carbocycles. The fourth-order valence-electron chi connectivity index (χ4n) is 1.91. The first-order valence-electron chi connectivity index (χ1n) is 7.13. The molecule has 2 rings (SSSR count). The van der Waals surface area contributed by atoms with Crippen molar-refractivity contribution in [1.82, 2.24) is 15.3 Å². The van der Waals surface area contributed by atoms with E-state index in [4.69, 9.17) is 5.11 Å². The highest BCUT2D eigenvalue weighted by molar-refractivity contribution is 7.14. The average Bonchev–Trinajstić information content (AvgIpc) is 2.95. The van der Waals surface area contributed by atoms with Gasteiger partial charge >= 0.3 is 5.97 Å². The topological polar surface area (TPSA) is 104 Å². The van der Waals surface area contributed by atoms with Crippen LogP contribution in [0, 0.1) is 5.92 Å². The number of hydrogen-bond donors (Lipinski definition) is 3. The molecular formula is C15H18N4O3S. The van der Waals surface area contributed by atoms with Crippen LogP contribution in [-0.2, 0) is 4.79 Å². The van der Waals surface area contributed by atoms with Crippen LogP contribution in [0.15, 0.2) is 29.8 Å². The van der Waals surface area contributed by atoms with E-state index in [1.54, 1.807) is 23.7 Å². The van der Waals surface area contributed by atoms with Crippen molar-refractivity contribution < 1.29 is 14.7 Å². The molecule has 0 radical (unpaired) electrons. The number of aliphatic carboxylic acids is 1. The number of nitrogens with zero attached hydrogens (tertiary/aromatic N) is 2. The number of rotatable bonds is 7. The van der Waals surface area contributed by atoms with Crippen molar-refractivity contribution in [2.45, 2.75) is 26.3 Å². The highest BCUT2D eigenvalue weighted by atomic mass is 32.1. The van der Waals surface area contributed by atoms with E-state index in [2.05, 4.69) is 20.6 Å². The fourth-order valence-corrected chi connectivity index (χ4v) is 2.60. The van der Waals surface area contributed by atoms with Crippen molar-refractivity contribution in [3.05, 3.63) is 35.5 Å². The molecule has 2 heterocycles. The number of amides is 1. The molecule has 2 aromatic heterocycles. The first-order chi connectivity index (χ1) is 11.0. The zero-order valence-corrected chi connectivity index (χ0v) is 13.6. The largest absolute Gasteiger partial charge is 0.480 e. The Labute approximate surface area is 137 Å². The van der Waals surface area contributed by atoms with E-state index in [1.807, 2.05) is 19.9 Å².